The van der Waals surface area contributed by atoms with E-state index in [1.807, 2.05) is 38.1 Å². The van der Waals surface area contributed by atoms with Gasteiger partial charge in [0.15, 0.2) is 0 Å². The molecule has 3 aromatic carbocycles. The molecule has 0 aliphatic heterocycles. The highest BCUT2D eigenvalue weighted by Gasteiger charge is 2.14. The summed E-state index contributed by atoms with van der Waals surface area (Å²) in [5.74, 6) is 0.127. The summed E-state index contributed by atoms with van der Waals surface area (Å²) in [4.78, 5) is 25.2. The molecule has 0 radical (unpaired) electrons. The Morgan fingerprint density at radius 3 is 2.18 bits per heavy atom. The van der Waals surface area contributed by atoms with E-state index in [4.69, 9.17) is 4.74 Å². The molecule has 3 aromatic rings. The number of rotatable bonds is 6. The fourth-order valence-electron chi connectivity index (χ4n) is 2.69. The number of carbonyl (C=O) groups is 2. The fourth-order valence-corrected chi connectivity index (χ4v) is 2.69. The second-order valence-corrected chi connectivity index (χ2v) is 6.28. The van der Waals surface area contributed by atoms with Crippen molar-refractivity contribution in [2.75, 3.05) is 17.2 Å². The average molecular weight is 374 g/mol. The second kappa shape index (κ2) is 8.86. The van der Waals surface area contributed by atoms with E-state index in [9.17, 15) is 9.59 Å². The second-order valence-electron chi connectivity index (χ2n) is 6.28. The number of carbonyl (C=O) groups excluding carboxylic acids is 2. The van der Waals surface area contributed by atoms with Crippen molar-refractivity contribution in [2.45, 2.75) is 13.8 Å². The lowest BCUT2D eigenvalue weighted by Crippen LogP contribution is -2.18. The zero-order valence-electron chi connectivity index (χ0n) is 15.9. The summed E-state index contributed by atoms with van der Waals surface area (Å²) in [6, 6.07) is 21.3. The minimum Gasteiger partial charge on any atom is -0.494 e. The van der Waals surface area contributed by atoms with Gasteiger partial charge in [-0.15, -0.1) is 0 Å². The van der Waals surface area contributed by atoms with Crippen molar-refractivity contribution in [1.29, 1.82) is 0 Å². The van der Waals surface area contributed by atoms with Crippen LogP contribution < -0.4 is 15.4 Å². The zero-order valence-corrected chi connectivity index (χ0v) is 15.9. The first-order chi connectivity index (χ1) is 13.6. The molecule has 0 aliphatic rings. The maximum absolute atomic E-state index is 12.7. The van der Waals surface area contributed by atoms with Crippen LogP contribution in [-0.2, 0) is 0 Å². The van der Waals surface area contributed by atoms with Gasteiger partial charge in [-0.1, -0.05) is 29.8 Å². The summed E-state index contributed by atoms with van der Waals surface area (Å²) >= 11 is 0. The predicted molar refractivity (Wildman–Crippen MR) is 111 cm³/mol. The van der Waals surface area contributed by atoms with Gasteiger partial charge in [0.2, 0.25) is 0 Å². The van der Waals surface area contributed by atoms with Crippen LogP contribution >= 0.6 is 0 Å². The van der Waals surface area contributed by atoms with Crippen LogP contribution in [0.15, 0.2) is 72.8 Å². The third-order valence-electron chi connectivity index (χ3n) is 4.16. The minimum absolute atomic E-state index is 0.286. The van der Waals surface area contributed by atoms with Crippen molar-refractivity contribution in [2.24, 2.45) is 0 Å². The lowest BCUT2D eigenvalue weighted by Gasteiger charge is -2.12. The summed E-state index contributed by atoms with van der Waals surface area (Å²) in [5, 5.41) is 5.67. The Balaban J connectivity index is 1.75. The van der Waals surface area contributed by atoms with Gasteiger partial charge in [0.1, 0.15) is 5.75 Å². The van der Waals surface area contributed by atoms with Crippen molar-refractivity contribution in [3.8, 4) is 5.75 Å². The van der Waals surface area contributed by atoms with Gasteiger partial charge < -0.3 is 15.4 Å². The zero-order chi connectivity index (χ0) is 19.9. The van der Waals surface area contributed by atoms with Gasteiger partial charge in [-0.25, -0.2) is 0 Å². The average Bonchev–Trinajstić information content (AvgIpc) is 2.71. The summed E-state index contributed by atoms with van der Waals surface area (Å²) < 4.78 is 5.39. The fraction of sp³-hybridized carbons (Fsp3) is 0.130. The van der Waals surface area contributed by atoms with Crippen molar-refractivity contribution in [3.05, 3.63) is 89.5 Å². The van der Waals surface area contributed by atoms with Gasteiger partial charge in [0.05, 0.1) is 17.9 Å². The first-order valence-corrected chi connectivity index (χ1v) is 9.08. The Morgan fingerprint density at radius 1 is 0.821 bits per heavy atom. The van der Waals surface area contributed by atoms with E-state index in [0.717, 1.165) is 5.56 Å². The standard InChI is InChI=1S/C23H22N2O3/c1-3-28-19-14-10-17(11-15-19)22(26)25-21-7-5-4-6-20(21)23(27)24-18-12-8-16(2)9-13-18/h4-15H,3H2,1-2H3,(H,24,27)(H,25,26). The molecular formula is C23H22N2O3. The van der Waals surface area contributed by atoms with Crippen molar-refractivity contribution < 1.29 is 14.3 Å². The van der Waals surface area contributed by atoms with Crippen LogP contribution in [0.25, 0.3) is 0 Å². The molecule has 0 aliphatic carbocycles. The van der Waals surface area contributed by atoms with E-state index >= 15 is 0 Å². The van der Waals surface area contributed by atoms with Gasteiger partial charge in [-0.3, -0.25) is 9.59 Å². The van der Waals surface area contributed by atoms with Crippen LogP contribution in [0.4, 0.5) is 11.4 Å². The molecule has 0 bridgehead atoms. The van der Waals surface area contributed by atoms with E-state index in [1.165, 1.54) is 0 Å². The van der Waals surface area contributed by atoms with Gasteiger partial charge in [0.25, 0.3) is 11.8 Å². The van der Waals surface area contributed by atoms with Crippen LogP contribution in [0, 0.1) is 6.92 Å². The number of amides is 2. The van der Waals surface area contributed by atoms with E-state index in [0.29, 0.717) is 34.9 Å². The largest absolute Gasteiger partial charge is 0.494 e. The Kier molecular flexibility index (Phi) is 6.07. The Hall–Kier alpha value is -3.60. The van der Waals surface area contributed by atoms with Crippen LogP contribution in [-0.4, -0.2) is 18.4 Å². The normalized spacial score (nSPS) is 10.2. The lowest BCUT2D eigenvalue weighted by atomic mass is 10.1. The van der Waals surface area contributed by atoms with E-state index < -0.39 is 0 Å². The highest BCUT2D eigenvalue weighted by atomic mass is 16.5. The number of nitrogens with one attached hydrogen (secondary N) is 2. The predicted octanol–water partition coefficient (Wildman–Crippen LogP) is 4.90. The topological polar surface area (TPSA) is 67.4 Å². The summed E-state index contributed by atoms with van der Waals surface area (Å²) in [6.07, 6.45) is 0. The van der Waals surface area contributed by atoms with Crippen LogP contribution in [0.2, 0.25) is 0 Å². The van der Waals surface area contributed by atoms with E-state index in [-0.39, 0.29) is 11.8 Å². The Bertz CT molecular complexity index is 964. The molecule has 0 saturated heterocycles. The molecule has 3 rings (SSSR count). The summed E-state index contributed by atoms with van der Waals surface area (Å²) in [5.41, 5.74) is 3.13. The first kappa shape index (κ1) is 19.2. The SMILES string of the molecule is CCOc1ccc(C(=O)Nc2ccccc2C(=O)Nc2ccc(C)cc2)cc1. The third-order valence-corrected chi connectivity index (χ3v) is 4.16. The molecule has 0 fully saturated rings. The molecule has 2 N–H and O–H groups in total. The Labute approximate surface area is 164 Å². The maximum Gasteiger partial charge on any atom is 0.257 e. The summed E-state index contributed by atoms with van der Waals surface area (Å²) in [6.45, 7) is 4.45. The maximum atomic E-state index is 12.7. The van der Waals surface area contributed by atoms with Crippen molar-refractivity contribution in [1.82, 2.24) is 0 Å². The molecule has 0 spiro atoms. The van der Waals surface area contributed by atoms with E-state index in [2.05, 4.69) is 10.6 Å². The first-order valence-electron chi connectivity index (χ1n) is 9.08. The van der Waals surface area contributed by atoms with Gasteiger partial charge in [0, 0.05) is 11.3 Å². The molecular weight excluding hydrogens is 352 g/mol. The lowest BCUT2D eigenvalue weighted by molar-refractivity contribution is 0.102. The molecule has 5 heteroatoms. The number of para-hydroxylation sites is 1. The molecule has 0 unspecified atom stereocenters. The van der Waals surface area contributed by atoms with Gasteiger partial charge in [-0.2, -0.15) is 0 Å². The number of ether oxygens (including phenoxy) is 1. The third kappa shape index (κ3) is 4.76. The van der Waals surface area contributed by atoms with Crippen molar-refractivity contribution >= 4 is 23.2 Å². The Morgan fingerprint density at radius 2 is 1.50 bits per heavy atom. The smallest absolute Gasteiger partial charge is 0.257 e. The highest BCUT2D eigenvalue weighted by Crippen LogP contribution is 2.20. The van der Waals surface area contributed by atoms with Crippen LogP contribution in [0.5, 0.6) is 5.75 Å². The molecule has 2 amide bonds. The number of hydrogen-bond donors (Lipinski definition) is 2. The molecule has 0 heterocycles. The number of benzene rings is 3. The molecule has 142 valence electrons. The van der Waals surface area contributed by atoms with E-state index in [1.54, 1.807) is 48.5 Å². The molecule has 28 heavy (non-hydrogen) atoms. The minimum atomic E-state index is -0.293. The van der Waals surface area contributed by atoms with Crippen LogP contribution in [0.1, 0.15) is 33.2 Å². The number of aryl methyl sites for hydroxylation is 1. The van der Waals surface area contributed by atoms with Crippen molar-refractivity contribution in [3.63, 3.8) is 0 Å². The quantitative estimate of drug-likeness (QED) is 0.645. The monoisotopic (exact) mass is 374 g/mol. The highest BCUT2D eigenvalue weighted by molar-refractivity contribution is 6.12. The molecule has 0 atom stereocenters. The molecule has 5 nitrogen and oxygen atoms in total. The molecule has 0 saturated carbocycles. The van der Waals surface area contributed by atoms with Gasteiger partial charge >= 0.3 is 0 Å². The number of anilines is 2. The van der Waals surface area contributed by atoms with Gasteiger partial charge in [-0.05, 0) is 62.4 Å². The number of hydrogen-bond acceptors (Lipinski definition) is 3. The molecule has 0 aromatic heterocycles. The summed E-state index contributed by atoms with van der Waals surface area (Å²) in [7, 11) is 0. The van der Waals surface area contributed by atoms with Crippen LogP contribution in [0.3, 0.4) is 0 Å².